The number of aromatic nitrogens is 1. The number of ether oxygens (including phenoxy) is 1. The summed E-state index contributed by atoms with van der Waals surface area (Å²) in [5.74, 6) is -0.0421. The molecule has 0 bridgehead atoms. The first-order valence-corrected chi connectivity index (χ1v) is 6.28. The predicted octanol–water partition coefficient (Wildman–Crippen LogP) is 3.49. The van der Waals surface area contributed by atoms with Crippen LogP contribution in [0.1, 0.15) is 22.3 Å². The highest BCUT2D eigenvalue weighted by atomic mass is 16.6. The summed E-state index contributed by atoms with van der Waals surface area (Å²) in [5, 5.41) is 10.9. The van der Waals surface area contributed by atoms with Gasteiger partial charge in [0.25, 0.3) is 0 Å². The quantitative estimate of drug-likeness (QED) is 0.631. The van der Waals surface area contributed by atoms with Crippen molar-refractivity contribution in [3.8, 4) is 5.75 Å². The minimum atomic E-state index is -0.528. The second-order valence-corrected chi connectivity index (χ2v) is 4.75. The molecule has 2 aromatic rings. The van der Waals surface area contributed by atoms with Gasteiger partial charge in [-0.25, -0.2) is 0 Å². The minimum Gasteiger partial charge on any atom is -0.481 e. The summed E-state index contributed by atoms with van der Waals surface area (Å²) in [6.45, 7) is 6.11. The van der Waals surface area contributed by atoms with Crippen LogP contribution in [0.5, 0.6) is 5.75 Å². The zero-order valence-electron chi connectivity index (χ0n) is 11.7. The van der Waals surface area contributed by atoms with E-state index >= 15 is 0 Å². The average Bonchev–Trinajstić information content (AvgIpc) is 2.37. The van der Waals surface area contributed by atoms with Gasteiger partial charge in [-0.15, -0.1) is 0 Å². The molecule has 0 aliphatic carbocycles. The summed E-state index contributed by atoms with van der Waals surface area (Å²) >= 11 is 0. The Morgan fingerprint density at radius 2 is 1.90 bits per heavy atom. The fourth-order valence-corrected chi connectivity index (χ4v) is 2.01. The molecule has 0 spiro atoms. The number of hydrogen-bond acceptors (Lipinski definition) is 4. The lowest BCUT2D eigenvalue weighted by Gasteiger charge is -2.11. The van der Waals surface area contributed by atoms with E-state index in [1.807, 2.05) is 39.0 Å². The molecule has 0 aliphatic heterocycles. The van der Waals surface area contributed by atoms with E-state index in [1.54, 1.807) is 6.07 Å². The lowest BCUT2D eigenvalue weighted by Crippen LogP contribution is -2.04. The van der Waals surface area contributed by atoms with Gasteiger partial charge in [-0.1, -0.05) is 18.2 Å². The highest BCUT2D eigenvalue weighted by Crippen LogP contribution is 2.26. The van der Waals surface area contributed by atoms with Gasteiger partial charge in [0, 0.05) is 0 Å². The number of nitrogens with zero attached hydrogens (tertiary/aromatic N) is 2. The summed E-state index contributed by atoms with van der Waals surface area (Å²) < 4.78 is 5.62. The topological polar surface area (TPSA) is 65.3 Å². The zero-order valence-corrected chi connectivity index (χ0v) is 11.7. The molecule has 0 radical (unpaired) electrons. The zero-order chi connectivity index (χ0) is 14.7. The Hall–Kier alpha value is -2.43. The van der Waals surface area contributed by atoms with Gasteiger partial charge in [0.05, 0.1) is 0 Å². The van der Waals surface area contributed by atoms with Crippen LogP contribution in [-0.4, -0.2) is 9.91 Å². The number of pyridine rings is 1. The van der Waals surface area contributed by atoms with Crippen LogP contribution in [0.25, 0.3) is 0 Å². The van der Waals surface area contributed by atoms with Crippen molar-refractivity contribution in [2.45, 2.75) is 27.4 Å². The molecule has 5 heteroatoms. The number of rotatable bonds is 4. The summed E-state index contributed by atoms with van der Waals surface area (Å²) in [7, 11) is 0. The van der Waals surface area contributed by atoms with E-state index in [1.165, 1.54) is 6.20 Å². The van der Waals surface area contributed by atoms with Crippen molar-refractivity contribution in [2.75, 3.05) is 0 Å². The van der Waals surface area contributed by atoms with Gasteiger partial charge in [-0.05, 0) is 59.0 Å². The van der Waals surface area contributed by atoms with E-state index in [4.69, 9.17) is 4.74 Å². The maximum absolute atomic E-state index is 10.9. The van der Waals surface area contributed by atoms with E-state index in [-0.39, 0.29) is 11.6 Å². The van der Waals surface area contributed by atoms with E-state index in [0.29, 0.717) is 6.61 Å². The van der Waals surface area contributed by atoms with Crippen molar-refractivity contribution in [2.24, 2.45) is 0 Å². The Balaban J connectivity index is 2.27. The maximum Gasteiger partial charge on any atom is 0.406 e. The van der Waals surface area contributed by atoms with Crippen molar-refractivity contribution in [1.29, 1.82) is 0 Å². The van der Waals surface area contributed by atoms with Crippen LogP contribution in [0.15, 0.2) is 30.5 Å². The summed E-state index contributed by atoms with van der Waals surface area (Å²) in [6.07, 6.45) is 1.46. The standard InChI is InChI=1S/C15H16N2O3/c1-10-7-14(15(16-8-10)17(18)19)20-9-13-11(2)5-4-6-12(13)3/h4-8H,9H2,1-3H3. The minimum absolute atomic E-state index is 0.206. The van der Waals surface area contributed by atoms with Crippen LogP contribution < -0.4 is 4.74 Å². The molecule has 0 fully saturated rings. The van der Waals surface area contributed by atoms with E-state index < -0.39 is 4.92 Å². The average molecular weight is 272 g/mol. The van der Waals surface area contributed by atoms with Gasteiger partial charge in [0.1, 0.15) is 12.8 Å². The SMILES string of the molecule is Cc1cnc([N+](=O)[O-])c(OCc2c(C)cccc2C)c1. The third-order valence-corrected chi connectivity index (χ3v) is 3.16. The first-order chi connectivity index (χ1) is 9.49. The van der Waals surface area contributed by atoms with Gasteiger partial charge in [0.2, 0.25) is 5.75 Å². The highest BCUT2D eigenvalue weighted by molar-refractivity contribution is 5.42. The molecule has 1 heterocycles. The molecule has 0 N–H and O–H groups in total. The molecule has 5 nitrogen and oxygen atoms in total. The van der Waals surface area contributed by atoms with Crippen LogP contribution in [0.4, 0.5) is 5.82 Å². The largest absolute Gasteiger partial charge is 0.481 e. The molecule has 0 unspecified atom stereocenters. The third kappa shape index (κ3) is 2.93. The molecular weight excluding hydrogens is 256 g/mol. The van der Waals surface area contributed by atoms with Crippen LogP contribution in [0, 0.1) is 30.9 Å². The summed E-state index contributed by atoms with van der Waals surface area (Å²) in [4.78, 5) is 14.2. The molecule has 0 saturated heterocycles. The Morgan fingerprint density at radius 1 is 1.25 bits per heavy atom. The van der Waals surface area contributed by atoms with Crippen LogP contribution in [-0.2, 0) is 6.61 Å². The van der Waals surface area contributed by atoms with Crippen LogP contribution in [0.3, 0.4) is 0 Å². The van der Waals surface area contributed by atoms with Gasteiger partial charge >= 0.3 is 5.82 Å². The van der Waals surface area contributed by atoms with Gasteiger partial charge in [-0.3, -0.25) is 0 Å². The van der Waals surface area contributed by atoms with Crippen molar-refractivity contribution in [1.82, 2.24) is 4.98 Å². The van der Waals surface area contributed by atoms with Crippen molar-refractivity contribution in [3.05, 3.63) is 62.8 Å². The van der Waals surface area contributed by atoms with E-state index in [9.17, 15) is 10.1 Å². The molecule has 0 atom stereocenters. The van der Waals surface area contributed by atoms with Crippen molar-refractivity contribution in [3.63, 3.8) is 0 Å². The first-order valence-electron chi connectivity index (χ1n) is 6.28. The van der Waals surface area contributed by atoms with Crippen LogP contribution >= 0.6 is 0 Å². The second-order valence-electron chi connectivity index (χ2n) is 4.75. The Morgan fingerprint density at radius 3 is 2.50 bits per heavy atom. The fourth-order valence-electron chi connectivity index (χ4n) is 2.01. The Kier molecular flexibility index (Phi) is 3.98. The molecule has 1 aromatic carbocycles. The Labute approximate surface area is 117 Å². The fraction of sp³-hybridized carbons (Fsp3) is 0.267. The first kappa shape index (κ1) is 14.0. The maximum atomic E-state index is 10.9. The molecule has 20 heavy (non-hydrogen) atoms. The van der Waals surface area contributed by atoms with E-state index in [0.717, 1.165) is 22.3 Å². The normalized spacial score (nSPS) is 10.3. The predicted molar refractivity (Wildman–Crippen MR) is 75.9 cm³/mol. The number of aryl methyl sites for hydroxylation is 3. The number of benzene rings is 1. The molecule has 1 aromatic heterocycles. The Bertz CT molecular complexity index is 633. The second kappa shape index (κ2) is 5.69. The van der Waals surface area contributed by atoms with Gasteiger partial charge in [-0.2, -0.15) is 0 Å². The van der Waals surface area contributed by atoms with Crippen molar-refractivity contribution < 1.29 is 9.66 Å². The molecule has 0 saturated carbocycles. The molecule has 104 valence electrons. The number of nitro groups is 1. The lowest BCUT2D eigenvalue weighted by atomic mass is 10.0. The third-order valence-electron chi connectivity index (χ3n) is 3.16. The van der Waals surface area contributed by atoms with Gasteiger partial charge < -0.3 is 14.9 Å². The molecule has 0 amide bonds. The molecule has 0 aliphatic rings. The summed E-state index contributed by atoms with van der Waals surface area (Å²) in [5.41, 5.74) is 4.08. The van der Waals surface area contributed by atoms with Gasteiger partial charge in [0.15, 0.2) is 0 Å². The monoisotopic (exact) mass is 272 g/mol. The smallest absolute Gasteiger partial charge is 0.406 e. The lowest BCUT2D eigenvalue weighted by molar-refractivity contribution is -0.390. The highest BCUT2D eigenvalue weighted by Gasteiger charge is 2.17. The molecular formula is C15H16N2O3. The number of hydrogen-bond donors (Lipinski definition) is 0. The van der Waals surface area contributed by atoms with Crippen molar-refractivity contribution >= 4 is 5.82 Å². The van der Waals surface area contributed by atoms with E-state index in [2.05, 4.69) is 4.98 Å². The van der Waals surface area contributed by atoms with Crippen LogP contribution in [0.2, 0.25) is 0 Å². The summed E-state index contributed by atoms with van der Waals surface area (Å²) in [6, 6.07) is 7.60. The molecule has 2 rings (SSSR count).